The highest BCUT2D eigenvalue weighted by Crippen LogP contribution is 2.14. The largest absolute Gasteiger partial charge is 0.379 e. The first-order chi connectivity index (χ1) is 11.8. The summed E-state index contributed by atoms with van der Waals surface area (Å²) in [7, 11) is 0. The second kappa shape index (κ2) is 14.0. The zero-order valence-electron chi connectivity index (χ0n) is 17.7. The molecule has 1 atom stereocenters. The van der Waals surface area contributed by atoms with Crippen molar-refractivity contribution >= 4 is 29.9 Å². The quantitative estimate of drug-likeness (QED) is 0.203. The molecule has 0 saturated carbocycles. The Labute approximate surface area is 178 Å². The van der Waals surface area contributed by atoms with E-state index in [1.165, 1.54) is 6.42 Å². The van der Waals surface area contributed by atoms with E-state index in [1.807, 2.05) is 0 Å². The van der Waals surface area contributed by atoms with Gasteiger partial charge in [-0.25, -0.2) is 0 Å². The van der Waals surface area contributed by atoms with Gasteiger partial charge in [-0.1, -0.05) is 13.8 Å². The minimum Gasteiger partial charge on any atom is -0.379 e. The van der Waals surface area contributed by atoms with E-state index in [4.69, 9.17) is 9.73 Å². The molecular formula is C19H42IN5O. The molecular weight excluding hydrogens is 441 g/mol. The summed E-state index contributed by atoms with van der Waals surface area (Å²) in [6, 6.07) is 0.493. The zero-order valence-corrected chi connectivity index (χ0v) is 20.1. The molecule has 156 valence electrons. The highest BCUT2D eigenvalue weighted by Gasteiger charge is 2.21. The molecule has 0 aliphatic carbocycles. The lowest BCUT2D eigenvalue weighted by molar-refractivity contribution is 0.0143. The molecule has 1 aliphatic heterocycles. The fraction of sp³-hybridized carbons (Fsp3) is 0.947. The highest BCUT2D eigenvalue weighted by atomic mass is 127. The van der Waals surface area contributed by atoms with E-state index in [1.54, 1.807) is 0 Å². The number of halogens is 1. The monoisotopic (exact) mass is 483 g/mol. The van der Waals surface area contributed by atoms with Crippen LogP contribution in [0.25, 0.3) is 0 Å². The fourth-order valence-corrected chi connectivity index (χ4v) is 2.98. The Morgan fingerprint density at radius 1 is 1.12 bits per heavy atom. The fourth-order valence-electron chi connectivity index (χ4n) is 2.98. The lowest BCUT2D eigenvalue weighted by Gasteiger charge is -2.34. The molecule has 0 radical (unpaired) electrons. The minimum atomic E-state index is 0. The molecule has 0 bridgehead atoms. The number of ether oxygens (including phenoxy) is 1. The third kappa shape index (κ3) is 12.3. The van der Waals surface area contributed by atoms with E-state index < -0.39 is 0 Å². The van der Waals surface area contributed by atoms with Gasteiger partial charge in [0.1, 0.15) is 0 Å². The van der Waals surface area contributed by atoms with E-state index in [2.05, 4.69) is 62.4 Å². The smallest absolute Gasteiger partial charge is 0.191 e. The molecule has 1 saturated heterocycles. The van der Waals surface area contributed by atoms with Crippen molar-refractivity contribution in [2.45, 2.75) is 59.5 Å². The van der Waals surface area contributed by atoms with E-state index in [0.29, 0.717) is 12.0 Å². The van der Waals surface area contributed by atoms with Gasteiger partial charge in [-0.15, -0.1) is 24.0 Å². The summed E-state index contributed by atoms with van der Waals surface area (Å²) in [5, 5.41) is 10.3. The summed E-state index contributed by atoms with van der Waals surface area (Å²) >= 11 is 0. The summed E-state index contributed by atoms with van der Waals surface area (Å²) in [5.74, 6) is 1.59. The topological polar surface area (TPSA) is 60.9 Å². The van der Waals surface area contributed by atoms with Crippen molar-refractivity contribution < 1.29 is 4.74 Å². The number of guanidine groups is 1. The lowest BCUT2D eigenvalue weighted by Crippen LogP contribution is -2.47. The second-order valence-corrected chi connectivity index (χ2v) is 8.25. The number of hydrogen-bond donors (Lipinski definition) is 3. The van der Waals surface area contributed by atoms with Crippen LogP contribution in [0.1, 0.15) is 48.0 Å². The highest BCUT2D eigenvalue weighted by molar-refractivity contribution is 14.0. The Kier molecular flexibility index (Phi) is 13.9. The molecule has 1 rings (SSSR count). The third-order valence-electron chi connectivity index (χ3n) is 4.18. The predicted octanol–water partition coefficient (Wildman–Crippen LogP) is 2.29. The van der Waals surface area contributed by atoms with Gasteiger partial charge in [0.25, 0.3) is 0 Å². The average molecular weight is 483 g/mol. The van der Waals surface area contributed by atoms with E-state index in [0.717, 1.165) is 58.4 Å². The van der Waals surface area contributed by atoms with Crippen molar-refractivity contribution in [1.29, 1.82) is 0 Å². The second-order valence-electron chi connectivity index (χ2n) is 8.25. The zero-order chi connectivity index (χ0) is 18.7. The first-order valence-electron chi connectivity index (χ1n) is 9.91. The van der Waals surface area contributed by atoms with E-state index >= 15 is 0 Å². The van der Waals surface area contributed by atoms with Crippen molar-refractivity contribution in [2.24, 2.45) is 10.9 Å². The normalized spacial score (nSPS) is 17.7. The van der Waals surface area contributed by atoms with Gasteiger partial charge in [-0.05, 0) is 40.0 Å². The van der Waals surface area contributed by atoms with Gasteiger partial charge >= 0.3 is 0 Å². The maximum Gasteiger partial charge on any atom is 0.191 e. The molecule has 0 aromatic carbocycles. The SMILES string of the molecule is CCNC(=NCC(CC(C)C)N1CCOCC1)NCCNC(C)(C)C.I. The van der Waals surface area contributed by atoms with Crippen molar-refractivity contribution in [1.82, 2.24) is 20.9 Å². The minimum absolute atomic E-state index is 0. The molecule has 7 heteroatoms. The van der Waals surface area contributed by atoms with Crippen LogP contribution in [-0.2, 0) is 4.74 Å². The number of morpholine rings is 1. The van der Waals surface area contributed by atoms with Gasteiger partial charge in [0, 0.05) is 44.3 Å². The maximum absolute atomic E-state index is 5.50. The Hall–Kier alpha value is -0.120. The number of nitrogens with one attached hydrogen (secondary N) is 3. The summed E-state index contributed by atoms with van der Waals surface area (Å²) in [6.07, 6.45) is 1.18. The van der Waals surface area contributed by atoms with Crippen molar-refractivity contribution in [3.8, 4) is 0 Å². The number of nitrogens with zero attached hydrogens (tertiary/aromatic N) is 2. The first-order valence-corrected chi connectivity index (χ1v) is 9.91. The number of hydrogen-bond acceptors (Lipinski definition) is 4. The van der Waals surface area contributed by atoms with Crippen molar-refractivity contribution in [3.63, 3.8) is 0 Å². The molecule has 1 unspecified atom stereocenters. The van der Waals surface area contributed by atoms with Crippen LogP contribution in [0.4, 0.5) is 0 Å². The van der Waals surface area contributed by atoms with Crippen LogP contribution in [0.5, 0.6) is 0 Å². The molecule has 26 heavy (non-hydrogen) atoms. The number of rotatable bonds is 9. The summed E-state index contributed by atoms with van der Waals surface area (Å²) in [5.41, 5.74) is 0.149. The molecule has 1 heterocycles. The van der Waals surface area contributed by atoms with Crippen LogP contribution in [0.3, 0.4) is 0 Å². The first kappa shape index (κ1) is 25.9. The Balaban J connectivity index is 0.00000625. The average Bonchev–Trinajstić information content (AvgIpc) is 2.54. The number of aliphatic imine (C=N–C) groups is 1. The summed E-state index contributed by atoms with van der Waals surface area (Å²) in [4.78, 5) is 7.40. The molecule has 1 aliphatic rings. The van der Waals surface area contributed by atoms with Gasteiger partial charge in [-0.2, -0.15) is 0 Å². The summed E-state index contributed by atoms with van der Waals surface area (Å²) < 4.78 is 5.50. The third-order valence-corrected chi connectivity index (χ3v) is 4.18. The molecule has 6 nitrogen and oxygen atoms in total. The van der Waals surface area contributed by atoms with Crippen LogP contribution in [0.15, 0.2) is 4.99 Å². The Morgan fingerprint density at radius 3 is 2.31 bits per heavy atom. The van der Waals surface area contributed by atoms with Crippen LogP contribution < -0.4 is 16.0 Å². The standard InChI is InChI=1S/C19H41N5O.HI/c1-7-20-18(21-8-9-23-19(4,5)6)22-15-17(14-16(2)3)24-10-12-25-13-11-24;/h16-17,23H,7-15H2,1-6H3,(H2,20,21,22);1H. The molecule has 0 spiro atoms. The molecule has 1 fully saturated rings. The van der Waals surface area contributed by atoms with Crippen LogP contribution >= 0.6 is 24.0 Å². The van der Waals surface area contributed by atoms with Crippen LogP contribution in [-0.4, -0.2) is 74.9 Å². The summed E-state index contributed by atoms with van der Waals surface area (Å²) in [6.45, 7) is 20.5. The molecule has 0 amide bonds. The maximum atomic E-state index is 5.50. The van der Waals surface area contributed by atoms with Gasteiger partial charge in [0.2, 0.25) is 0 Å². The van der Waals surface area contributed by atoms with Crippen LogP contribution in [0.2, 0.25) is 0 Å². The van der Waals surface area contributed by atoms with E-state index in [-0.39, 0.29) is 29.5 Å². The molecule has 3 N–H and O–H groups in total. The molecule has 0 aromatic heterocycles. The Bertz CT molecular complexity index is 379. The van der Waals surface area contributed by atoms with Gasteiger partial charge in [-0.3, -0.25) is 9.89 Å². The van der Waals surface area contributed by atoms with Crippen LogP contribution in [0, 0.1) is 5.92 Å². The van der Waals surface area contributed by atoms with Gasteiger partial charge in [0.15, 0.2) is 5.96 Å². The molecule has 0 aromatic rings. The van der Waals surface area contributed by atoms with Gasteiger partial charge < -0.3 is 20.7 Å². The predicted molar refractivity (Wildman–Crippen MR) is 123 cm³/mol. The lowest BCUT2D eigenvalue weighted by atomic mass is 10.0. The Morgan fingerprint density at radius 2 is 1.77 bits per heavy atom. The van der Waals surface area contributed by atoms with Crippen molar-refractivity contribution in [3.05, 3.63) is 0 Å². The van der Waals surface area contributed by atoms with E-state index in [9.17, 15) is 0 Å². The van der Waals surface area contributed by atoms with Gasteiger partial charge in [0.05, 0.1) is 19.8 Å². The van der Waals surface area contributed by atoms with Crippen molar-refractivity contribution in [2.75, 3.05) is 52.5 Å².